The lowest BCUT2D eigenvalue weighted by atomic mass is 9.99. The van der Waals surface area contributed by atoms with Gasteiger partial charge in [-0.25, -0.2) is 0 Å². The predicted octanol–water partition coefficient (Wildman–Crippen LogP) is 9.80. The molecule has 0 aromatic carbocycles. The molecular formula is C26H45I. The van der Waals surface area contributed by atoms with Crippen molar-refractivity contribution < 1.29 is 0 Å². The van der Waals surface area contributed by atoms with Gasteiger partial charge in [0.1, 0.15) is 0 Å². The van der Waals surface area contributed by atoms with Gasteiger partial charge in [0.05, 0.1) is 0 Å². The van der Waals surface area contributed by atoms with E-state index in [1.54, 1.807) is 14.7 Å². The van der Waals surface area contributed by atoms with Gasteiger partial charge < -0.3 is 0 Å². The first-order chi connectivity index (χ1) is 13.0. The van der Waals surface area contributed by atoms with E-state index in [0.29, 0.717) is 0 Å². The zero-order chi connectivity index (χ0) is 20.1. The summed E-state index contributed by atoms with van der Waals surface area (Å²) in [5.41, 5.74) is 3.45. The van der Waals surface area contributed by atoms with E-state index in [1.165, 1.54) is 77.0 Å². The molecule has 0 nitrogen and oxygen atoms in total. The number of hydrogen-bond acceptors (Lipinski definition) is 0. The van der Waals surface area contributed by atoms with Crippen LogP contribution in [0.5, 0.6) is 0 Å². The number of unbranched alkanes of at least 4 members (excludes halogenated alkanes) is 2. The Morgan fingerprint density at radius 2 is 1.11 bits per heavy atom. The fourth-order valence-corrected chi connectivity index (χ4v) is 4.70. The number of hydrogen-bond donors (Lipinski definition) is 0. The molecule has 0 aliphatic heterocycles. The first kappa shape index (κ1) is 25.0. The number of allylic oxidation sites excluding steroid dienone is 6. The van der Waals surface area contributed by atoms with Crippen LogP contribution in [0.3, 0.4) is 0 Å². The molecule has 3 rings (SSSR count). The highest BCUT2D eigenvalue weighted by molar-refractivity contribution is 14.1. The van der Waals surface area contributed by atoms with E-state index in [4.69, 9.17) is 0 Å². The maximum absolute atomic E-state index is 2.44. The predicted molar refractivity (Wildman–Crippen MR) is 133 cm³/mol. The molecule has 0 heterocycles. The molecule has 1 heteroatoms. The first-order valence-electron chi connectivity index (χ1n) is 11.7. The Kier molecular flexibility index (Phi) is 13.8. The van der Waals surface area contributed by atoms with E-state index < -0.39 is 0 Å². The van der Waals surface area contributed by atoms with Crippen molar-refractivity contribution in [3.05, 3.63) is 33.0 Å². The summed E-state index contributed by atoms with van der Waals surface area (Å²) in [5, 5.41) is 0. The van der Waals surface area contributed by atoms with Crippen molar-refractivity contribution >= 4 is 22.6 Å². The van der Waals surface area contributed by atoms with Crippen LogP contribution in [-0.4, -0.2) is 0 Å². The molecule has 0 N–H and O–H groups in total. The van der Waals surface area contributed by atoms with Gasteiger partial charge in [-0.3, -0.25) is 0 Å². The fourth-order valence-electron chi connectivity index (χ4n) is 4.08. The Hall–Kier alpha value is -0.0500. The molecule has 0 fully saturated rings. The highest BCUT2D eigenvalue weighted by Gasteiger charge is 2.13. The van der Waals surface area contributed by atoms with E-state index in [9.17, 15) is 0 Å². The third-order valence-electron chi connectivity index (χ3n) is 6.33. The van der Waals surface area contributed by atoms with Gasteiger partial charge in [-0.15, -0.1) is 0 Å². The molecule has 156 valence electrons. The standard InChI is InChI=1S/2C10H18.C6H9I/c2*1-3-4-7-10-8-5-6-9(10)2;1-5-3-2-4-6(5)7/h2*8-9H,3-7H2,1-2H3;4-5H,2-3H2,1H3/t2*9-;5-/m111/s1. The van der Waals surface area contributed by atoms with E-state index >= 15 is 0 Å². The van der Waals surface area contributed by atoms with Crippen LogP contribution in [0.1, 0.15) is 112 Å². The second kappa shape index (κ2) is 14.9. The lowest BCUT2D eigenvalue weighted by molar-refractivity contribution is 0.626. The van der Waals surface area contributed by atoms with Crippen molar-refractivity contribution in [1.82, 2.24) is 0 Å². The third kappa shape index (κ3) is 10.3. The molecule has 0 saturated carbocycles. The van der Waals surface area contributed by atoms with Crippen LogP contribution in [0.25, 0.3) is 0 Å². The molecule has 0 spiro atoms. The minimum atomic E-state index is 0.862. The second-order valence-corrected chi connectivity index (χ2v) is 10.0. The van der Waals surface area contributed by atoms with Crippen molar-refractivity contribution in [2.24, 2.45) is 17.8 Å². The lowest BCUT2D eigenvalue weighted by Gasteiger charge is -2.06. The van der Waals surface area contributed by atoms with E-state index in [-0.39, 0.29) is 0 Å². The molecule has 0 amide bonds. The van der Waals surface area contributed by atoms with E-state index in [1.807, 2.05) is 0 Å². The third-order valence-corrected chi connectivity index (χ3v) is 7.83. The number of halogens is 1. The molecule has 3 atom stereocenters. The smallest absolute Gasteiger partial charge is 0.0106 e. The molecule has 0 bridgehead atoms. The molecule has 0 aromatic rings. The molecule has 27 heavy (non-hydrogen) atoms. The largest absolute Gasteiger partial charge is 0.0850 e. The minimum Gasteiger partial charge on any atom is -0.0850 e. The maximum Gasteiger partial charge on any atom is -0.0106 e. The SMILES string of the molecule is CCCCC1=CCC[C@H]1C.CCCCC1=CCC[C@H]1C.C[C@@H]1CCC=C1I. The topological polar surface area (TPSA) is 0 Å². The lowest BCUT2D eigenvalue weighted by Crippen LogP contribution is -1.91. The van der Waals surface area contributed by atoms with Crippen molar-refractivity contribution in [3.63, 3.8) is 0 Å². The van der Waals surface area contributed by atoms with Crippen molar-refractivity contribution in [3.8, 4) is 0 Å². The van der Waals surface area contributed by atoms with Gasteiger partial charge in [0.15, 0.2) is 0 Å². The fraction of sp³-hybridized carbons (Fsp3) is 0.769. The molecule has 3 aliphatic rings. The Bertz CT molecular complexity index is 450. The average Bonchev–Trinajstić information content (AvgIpc) is 3.36. The van der Waals surface area contributed by atoms with Crippen LogP contribution in [0.15, 0.2) is 33.0 Å². The highest BCUT2D eigenvalue weighted by atomic mass is 127. The number of rotatable bonds is 6. The van der Waals surface area contributed by atoms with Crippen LogP contribution >= 0.6 is 22.6 Å². The quantitative estimate of drug-likeness (QED) is 0.260. The zero-order valence-corrected chi connectivity index (χ0v) is 21.0. The monoisotopic (exact) mass is 484 g/mol. The van der Waals surface area contributed by atoms with Crippen LogP contribution in [0, 0.1) is 17.8 Å². The molecule has 0 aromatic heterocycles. The molecule has 3 aliphatic carbocycles. The second-order valence-electron chi connectivity index (χ2n) is 8.79. The van der Waals surface area contributed by atoms with Gasteiger partial charge in [0.2, 0.25) is 0 Å². The van der Waals surface area contributed by atoms with Crippen molar-refractivity contribution in [1.29, 1.82) is 0 Å². The molecular weight excluding hydrogens is 439 g/mol. The summed E-state index contributed by atoms with van der Waals surface area (Å²) in [6.07, 6.45) is 23.5. The van der Waals surface area contributed by atoms with Gasteiger partial charge in [-0.05, 0) is 108 Å². The minimum absolute atomic E-state index is 0.862. The summed E-state index contributed by atoms with van der Waals surface area (Å²) in [6, 6.07) is 0. The molecule has 0 radical (unpaired) electrons. The Labute approximate surface area is 184 Å². The Morgan fingerprint density at radius 3 is 1.33 bits per heavy atom. The average molecular weight is 485 g/mol. The van der Waals surface area contributed by atoms with Crippen molar-refractivity contribution in [2.75, 3.05) is 0 Å². The van der Waals surface area contributed by atoms with Gasteiger partial charge in [-0.2, -0.15) is 0 Å². The summed E-state index contributed by atoms with van der Waals surface area (Å²) < 4.78 is 1.55. The summed E-state index contributed by atoms with van der Waals surface area (Å²) in [5.74, 6) is 2.65. The van der Waals surface area contributed by atoms with E-state index in [2.05, 4.69) is 75.4 Å². The van der Waals surface area contributed by atoms with Gasteiger partial charge in [-0.1, -0.05) is 76.8 Å². The van der Waals surface area contributed by atoms with Crippen LogP contribution in [0.2, 0.25) is 0 Å². The van der Waals surface area contributed by atoms with Crippen LogP contribution < -0.4 is 0 Å². The summed E-state index contributed by atoms with van der Waals surface area (Å²) in [6.45, 7) is 11.5. The van der Waals surface area contributed by atoms with Gasteiger partial charge in [0.25, 0.3) is 0 Å². The first-order valence-corrected chi connectivity index (χ1v) is 12.8. The van der Waals surface area contributed by atoms with Crippen LogP contribution in [-0.2, 0) is 0 Å². The molecule has 0 saturated heterocycles. The summed E-state index contributed by atoms with van der Waals surface area (Å²) >= 11 is 2.42. The van der Waals surface area contributed by atoms with Gasteiger partial charge >= 0.3 is 0 Å². The highest BCUT2D eigenvalue weighted by Crippen LogP contribution is 2.30. The van der Waals surface area contributed by atoms with Crippen LogP contribution in [0.4, 0.5) is 0 Å². The summed E-state index contributed by atoms with van der Waals surface area (Å²) in [7, 11) is 0. The Balaban J connectivity index is 0.000000206. The van der Waals surface area contributed by atoms with Gasteiger partial charge in [0, 0.05) is 0 Å². The van der Waals surface area contributed by atoms with Crippen molar-refractivity contribution in [2.45, 2.75) is 112 Å². The van der Waals surface area contributed by atoms with E-state index in [0.717, 1.165) is 17.8 Å². The zero-order valence-electron chi connectivity index (χ0n) is 18.8. The Morgan fingerprint density at radius 1 is 0.704 bits per heavy atom. The summed E-state index contributed by atoms with van der Waals surface area (Å²) in [4.78, 5) is 0. The molecule has 0 unspecified atom stereocenters. The normalized spacial score (nSPS) is 26.4. The maximum atomic E-state index is 2.44.